The molecule has 0 amide bonds. The van der Waals surface area contributed by atoms with Gasteiger partial charge in [-0.15, -0.1) is 0 Å². The molecule has 0 atom stereocenters. The van der Waals surface area contributed by atoms with Crippen LogP contribution in [0.25, 0.3) is 0 Å². The van der Waals surface area contributed by atoms with Crippen molar-refractivity contribution in [3.63, 3.8) is 0 Å². The standard InChI is InChI=1S/C12H9Cl2F2N3/c1-17-11-7(15)5-8(16)12(19-11)18-9-4-2-3-6(13)10(9)14/h2-5H,1H3,(H2,17,18,19). The highest BCUT2D eigenvalue weighted by molar-refractivity contribution is 6.43. The average molecular weight is 304 g/mol. The van der Waals surface area contributed by atoms with E-state index >= 15 is 0 Å². The van der Waals surface area contributed by atoms with Crippen LogP contribution in [0.2, 0.25) is 10.0 Å². The topological polar surface area (TPSA) is 37.0 Å². The van der Waals surface area contributed by atoms with Gasteiger partial charge in [0.15, 0.2) is 23.3 Å². The zero-order valence-electron chi connectivity index (χ0n) is 9.77. The molecule has 2 N–H and O–H groups in total. The van der Waals surface area contributed by atoms with E-state index in [1.54, 1.807) is 18.2 Å². The van der Waals surface area contributed by atoms with E-state index in [9.17, 15) is 8.78 Å². The van der Waals surface area contributed by atoms with Gasteiger partial charge in [0, 0.05) is 13.1 Å². The zero-order valence-corrected chi connectivity index (χ0v) is 11.3. The normalized spacial score (nSPS) is 10.4. The number of hydrogen-bond donors (Lipinski definition) is 2. The van der Waals surface area contributed by atoms with Gasteiger partial charge >= 0.3 is 0 Å². The second-order valence-corrected chi connectivity index (χ2v) is 4.41. The summed E-state index contributed by atoms with van der Waals surface area (Å²) in [6.07, 6.45) is 0. The van der Waals surface area contributed by atoms with Gasteiger partial charge in [0.25, 0.3) is 0 Å². The second kappa shape index (κ2) is 5.59. The third-order valence-corrected chi connectivity index (χ3v) is 3.19. The van der Waals surface area contributed by atoms with E-state index in [1.165, 1.54) is 7.05 Å². The van der Waals surface area contributed by atoms with Crippen molar-refractivity contribution in [2.45, 2.75) is 0 Å². The van der Waals surface area contributed by atoms with E-state index in [0.717, 1.165) is 6.07 Å². The fourth-order valence-corrected chi connectivity index (χ4v) is 1.81. The van der Waals surface area contributed by atoms with Crippen molar-refractivity contribution in [3.8, 4) is 0 Å². The highest BCUT2D eigenvalue weighted by Gasteiger charge is 2.13. The van der Waals surface area contributed by atoms with Gasteiger partial charge in [-0.25, -0.2) is 13.8 Å². The number of aromatic nitrogens is 1. The minimum atomic E-state index is -0.826. The van der Waals surface area contributed by atoms with Crippen molar-refractivity contribution in [1.82, 2.24) is 4.98 Å². The lowest BCUT2D eigenvalue weighted by molar-refractivity contribution is 0.580. The number of nitrogens with one attached hydrogen (secondary N) is 2. The molecule has 100 valence electrons. The number of rotatable bonds is 3. The lowest BCUT2D eigenvalue weighted by Crippen LogP contribution is -2.03. The van der Waals surface area contributed by atoms with Crippen molar-refractivity contribution in [1.29, 1.82) is 0 Å². The zero-order chi connectivity index (χ0) is 14.0. The summed E-state index contributed by atoms with van der Waals surface area (Å²) < 4.78 is 26.9. The smallest absolute Gasteiger partial charge is 0.169 e. The quantitative estimate of drug-likeness (QED) is 0.879. The van der Waals surface area contributed by atoms with E-state index < -0.39 is 11.6 Å². The molecular formula is C12H9Cl2F2N3. The van der Waals surface area contributed by atoms with Crippen LogP contribution in [0.5, 0.6) is 0 Å². The van der Waals surface area contributed by atoms with Gasteiger partial charge in [0.05, 0.1) is 15.7 Å². The van der Waals surface area contributed by atoms with Crippen LogP contribution in [0.3, 0.4) is 0 Å². The Labute approximate surface area is 118 Å². The first-order valence-corrected chi connectivity index (χ1v) is 6.03. The molecule has 2 rings (SSSR count). The minimum Gasteiger partial charge on any atom is -0.371 e. The number of halogens is 4. The molecule has 0 fully saturated rings. The molecule has 2 aromatic rings. The SMILES string of the molecule is CNc1nc(Nc2cccc(Cl)c2Cl)c(F)cc1F. The van der Waals surface area contributed by atoms with Crippen LogP contribution in [-0.4, -0.2) is 12.0 Å². The maximum atomic E-state index is 13.6. The van der Waals surface area contributed by atoms with Gasteiger partial charge in [0.1, 0.15) is 0 Å². The molecule has 1 aromatic heterocycles. The van der Waals surface area contributed by atoms with Crippen molar-refractivity contribution in [2.24, 2.45) is 0 Å². The van der Waals surface area contributed by atoms with Crippen molar-refractivity contribution < 1.29 is 8.78 Å². The Hall–Kier alpha value is -1.59. The van der Waals surface area contributed by atoms with E-state index in [4.69, 9.17) is 23.2 Å². The number of benzene rings is 1. The molecule has 0 aliphatic heterocycles. The fraction of sp³-hybridized carbons (Fsp3) is 0.0833. The van der Waals surface area contributed by atoms with Gasteiger partial charge < -0.3 is 10.6 Å². The third-order valence-electron chi connectivity index (χ3n) is 2.37. The molecule has 7 heteroatoms. The van der Waals surface area contributed by atoms with Gasteiger partial charge in [-0.2, -0.15) is 0 Å². The molecule has 0 unspecified atom stereocenters. The summed E-state index contributed by atoms with van der Waals surface area (Å²) in [6.45, 7) is 0. The van der Waals surface area contributed by atoms with Crippen molar-refractivity contribution >= 4 is 40.5 Å². The van der Waals surface area contributed by atoms with E-state index in [0.29, 0.717) is 10.7 Å². The first-order chi connectivity index (χ1) is 9.02. The Bertz CT molecular complexity index is 620. The monoisotopic (exact) mass is 303 g/mol. The lowest BCUT2D eigenvalue weighted by Gasteiger charge is -2.11. The molecule has 0 aliphatic rings. The first kappa shape index (κ1) is 13.8. The van der Waals surface area contributed by atoms with Crippen LogP contribution in [0.15, 0.2) is 24.3 Å². The largest absolute Gasteiger partial charge is 0.371 e. The average Bonchev–Trinajstić information content (AvgIpc) is 2.38. The molecule has 0 spiro atoms. The van der Waals surface area contributed by atoms with Crippen molar-refractivity contribution in [2.75, 3.05) is 17.7 Å². The predicted molar refractivity (Wildman–Crippen MR) is 73.4 cm³/mol. The minimum absolute atomic E-state index is 0.0675. The van der Waals surface area contributed by atoms with Crippen LogP contribution >= 0.6 is 23.2 Å². The summed E-state index contributed by atoms with van der Waals surface area (Å²) >= 11 is 11.8. The molecule has 0 aliphatic carbocycles. The van der Waals surface area contributed by atoms with Gasteiger partial charge in [-0.05, 0) is 12.1 Å². The number of nitrogens with zero attached hydrogens (tertiary/aromatic N) is 1. The van der Waals surface area contributed by atoms with E-state index in [1.807, 2.05) is 0 Å². The number of hydrogen-bond acceptors (Lipinski definition) is 3. The van der Waals surface area contributed by atoms with Crippen molar-refractivity contribution in [3.05, 3.63) is 45.9 Å². The van der Waals surface area contributed by atoms with Crippen LogP contribution in [-0.2, 0) is 0 Å². The highest BCUT2D eigenvalue weighted by atomic mass is 35.5. The van der Waals surface area contributed by atoms with Gasteiger partial charge in [-0.1, -0.05) is 29.3 Å². The van der Waals surface area contributed by atoms with Crippen LogP contribution in [0.4, 0.5) is 26.1 Å². The van der Waals surface area contributed by atoms with E-state index in [-0.39, 0.29) is 16.7 Å². The maximum absolute atomic E-state index is 13.6. The maximum Gasteiger partial charge on any atom is 0.169 e. The number of pyridine rings is 1. The van der Waals surface area contributed by atoms with Crippen LogP contribution in [0.1, 0.15) is 0 Å². The Balaban J connectivity index is 2.41. The third kappa shape index (κ3) is 2.88. The van der Waals surface area contributed by atoms with Crippen LogP contribution in [0, 0.1) is 11.6 Å². The molecule has 0 saturated carbocycles. The summed E-state index contributed by atoms with van der Waals surface area (Å²) in [4.78, 5) is 3.78. The Morgan fingerprint density at radius 3 is 2.47 bits per heavy atom. The summed E-state index contributed by atoms with van der Waals surface area (Å²) in [6, 6.07) is 5.59. The summed E-state index contributed by atoms with van der Waals surface area (Å²) in [5.41, 5.74) is 0.384. The fourth-order valence-electron chi connectivity index (χ4n) is 1.46. The first-order valence-electron chi connectivity index (χ1n) is 5.27. The Kier molecular flexibility index (Phi) is 4.07. The molecule has 0 radical (unpaired) electrons. The molecule has 1 aromatic carbocycles. The Morgan fingerprint density at radius 2 is 1.79 bits per heavy atom. The van der Waals surface area contributed by atoms with Gasteiger partial charge in [0.2, 0.25) is 0 Å². The second-order valence-electron chi connectivity index (χ2n) is 3.63. The molecule has 0 saturated heterocycles. The van der Waals surface area contributed by atoms with Gasteiger partial charge in [-0.3, -0.25) is 0 Å². The van der Waals surface area contributed by atoms with Crippen LogP contribution < -0.4 is 10.6 Å². The number of anilines is 3. The molecule has 1 heterocycles. The molecular weight excluding hydrogens is 295 g/mol. The lowest BCUT2D eigenvalue weighted by atomic mass is 10.3. The molecule has 0 bridgehead atoms. The highest BCUT2D eigenvalue weighted by Crippen LogP contribution is 2.32. The Morgan fingerprint density at radius 1 is 1.11 bits per heavy atom. The van der Waals surface area contributed by atoms with E-state index in [2.05, 4.69) is 15.6 Å². The molecule has 19 heavy (non-hydrogen) atoms. The predicted octanol–water partition coefficient (Wildman–Crippen LogP) is 4.45. The summed E-state index contributed by atoms with van der Waals surface area (Å²) in [7, 11) is 1.49. The summed E-state index contributed by atoms with van der Waals surface area (Å²) in [5, 5.41) is 5.76. The summed E-state index contributed by atoms with van der Waals surface area (Å²) in [5.74, 6) is -1.81. The molecule has 3 nitrogen and oxygen atoms in total.